The van der Waals surface area contributed by atoms with Crippen LogP contribution in [0.4, 0.5) is 5.69 Å². The predicted octanol–water partition coefficient (Wildman–Crippen LogP) is 3.06. The molecule has 0 aliphatic heterocycles. The summed E-state index contributed by atoms with van der Waals surface area (Å²) >= 11 is 6.23. The number of nitrogens with one attached hydrogen (secondary N) is 1. The highest BCUT2D eigenvalue weighted by molar-refractivity contribution is 6.31. The van der Waals surface area contributed by atoms with Crippen molar-refractivity contribution in [2.75, 3.05) is 0 Å². The minimum absolute atomic E-state index is 0.0989. The molecule has 0 aliphatic rings. The molecule has 0 atom stereocenters. The normalized spacial score (nSPS) is 10.8. The maximum absolute atomic E-state index is 10.7. The Morgan fingerprint density at radius 2 is 2.19 bits per heavy atom. The summed E-state index contributed by atoms with van der Waals surface area (Å²) in [5.41, 5.74) is 2.70. The number of aromatic nitrogens is 2. The SMILES string of the molecule is CCn1nc(C)c(Cl)c1CNCc1cccc([N+](=O)[O-])c1. The first-order valence-corrected chi connectivity index (χ1v) is 7.06. The fourth-order valence-electron chi connectivity index (χ4n) is 2.14. The average molecular weight is 309 g/mol. The van der Waals surface area contributed by atoms with Crippen LogP contribution in [0.25, 0.3) is 0 Å². The van der Waals surface area contributed by atoms with Crippen LogP contribution in [0.5, 0.6) is 0 Å². The van der Waals surface area contributed by atoms with Crippen LogP contribution in [0.2, 0.25) is 5.02 Å². The molecule has 1 heterocycles. The Labute approximate surface area is 127 Å². The number of benzene rings is 1. The third kappa shape index (κ3) is 3.59. The van der Waals surface area contributed by atoms with E-state index < -0.39 is 4.92 Å². The third-order valence-electron chi connectivity index (χ3n) is 3.20. The summed E-state index contributed by atoms with van der Waals surface area (Å²) in [6.45, 7) is 5.73. The van der Waals surface area contributed by atoms with Gasteiger partial charge in [0.15, 0.2) is 0 Å². The molecule has 0 amide bonds. The molecule has 2 rings (SSSR count). The lowest BCUT2D eigenvalue weighted by Gasteiger charge is -2.07. The van der Waals surface area contributed by atoms with Crippen LogP contribution in [-0.4, -0.2) is 14.7 Å². The first kappa shape index (κ1) is 15.5. The van der Waals surface area contributed by atoms with Crippen molar-refractivity contribution in [1.29, 1.82) is 0 Å². The van der Waals surface area contributed by atoms with Crippen LogP contribution in [0.1, 0.15) is 23.9 Å². The van der Waals surface area contributed by atoms with Crippen LogP contribution < -0.4 is 5.32 Å². The van der Waals surface area contributed by atoms with Crippen molar-refractivity contribution >= 4 is 17.3 Å². The van der Waals surface area contributed by atoms with Crippen molar-refractivity contribution in [3.63, 3.8) is 0 Å². The quantitative estimate of drug-likeness (QED) is 0.657. The second-order valence-corrected chi connectivity index (χ2v) is 5.07. The van der Waals surface area contributed by atoms with Gasteiger partial charge in [-0.25, -0.2) is 0 Å². The van der Waals surface area contributed by atoms with Gasteiger partial charge in [0, 0.05) is 31.8 Å². The summed E-state index contributed by atoms with van der Waals surface area (Å²) in [7, 11) is 0. The number of rotatable bonds is 6. The van der Waals surface area contributed by atoms with Crippen molar-refractivity contribution in [1.82, 2.24) is 15.1 Å². The number of non-ortho nitro benzene ring substituents is 1. The van der Waals surface area contributed by atoms with Crippen molar-refractivity contribution in [2.24, 2.45) is 0 Å². The Morgan fingerprint density at radius 1 is 1.43 bits per heavy atom. The van der Waals surface area contributed by atoms with Crippen molar-refractivity contribution in [3.05, 3.63) is 56.4 Å². The molecule has 7 heteroatoms. The van der Waals surface area contributed by atoms with Gasteiger partial charge in [-0.3, -0.25) is 14.8 Å². The van der Waals surface area contributed by atoms with E-state index >= 15 is 0 Å². The summed E-state index contributed by atoms with van der Waals surface area (Å²) in [6.07, 6.45) is 0. The number of halogens is 1. The van der Waals surface area contributed by atoms with Crippen LogP contribution in [0.3, 0.4) is 0 Å². The van der Waals surface area contributed by atoms with Crippen LogP contribution in [0, 0.1) is 17.0 Å². The van der Waals surface area contributed by atoms with Gasteiger partial charge in [-0.15, -0.1) is 0 Å². The van der Waals surface area contributed by atoms with E-state index in [1.54, 1.807) is 12.1 Å². The fraction of sp³-hybridized carbons (Fsp3) is 0.357. The number of hydrogen-bond acceptors (Lipinski definition) is 4. The summed E-state index contributed by atoms with van der Waals surface area (Å²) in [6, 6.07) is 6.58. The van der Waals surface area contributed by atoms with Gasteiger partial charge in [-0.05, 0) is 19.4 Å². The standard InChI is InChI=1S/C14H17ClN4O2/c1-3-18-13(14(15)10(2)17-18)9-16-8-11-5-4-6-12(7-11)19(20)21/h4-7,16H,3,8-9H2,1-2H3. The van der Waals surface area contributed by atoms with E-state index in [1.807, 2.05) is 24.6 Å². The maximum atomic E-state index is 10.7. The minimum Gasteiger partial charge on any atom is -0.307 e. The van der Waals surface area contributed by atoms with E-state index in [2.05, 4.69) is 10.4 Å². The number of nitro groups is 1. The fourth-order valence-corrected chi connectivity index (χ4v) is 2.35. The van der Waals surface area contributed by atoms with Gasteiger partial charge in [0.1, 0.15) is 0 Å². The lowest BCUT2D eigenvalue weighted by atomic mass is 10.2. The first-order chi connectivity index (χ1) is 10.0. The summed E-state index contributed by atoms with van der Waals surface area (Å²) < 4.78 is 1.86. The zero-order valence-corrected chi connectivity index (χ0v) is 12.7. The molecular weight excluding hydrogens is 292 g/mol. The van der Waals surface area contributed by atoms with Crippen molar-refractivity contribution in [3.8, 4) is 0 Å². The summed E-state index contributed by atoms with van der Waals surface area (Å²) in [4.78, 5) is 10.3. The van der Waals surface area contributed by atoms with Crippen molar-refractivity contribution < 1.29 is 4.92 Å². The second-order valence-electron chi connectivity index (χ2n) is 4.69. The monoisotopic (exact) mass is 308 g/mol. The largest absolute Gasteiger partial charge is 0.307 e. The third-order valence-corrected chi connectivity index (χ3v) is 3.69. The number of nitro benzene ring substituents is 1. The molecule has 112 valence electrons. The molecule has 0 unspecified atom stereocenters. The number of hydrogen-bond donors (Lipinski definition) is 1. The Kier molecular flexibility index (Phi) is 4.93. The Morgan fingerprint density at radius 3 is 2.86 bits per heavy atom. The van der Waals surface area contributed by atoms with E-state index in [0.717, 1.165) is 23.5 Å². The van der Waals surface area contributed by atoms with E-state index in [1.165, 1.54) is 6.07 Å². The zero-order chi connectivity index (χ0) is 15.4. The van der Waals surface area contributed by atoms with Crippen LogP contribution in [0.15, 0.2) is 24.3 Å². The van der Waals surface area contributed by atoms with Gasteiger partial charge in [0.25, 0.3) is 5.69 Å². The molecule has 0 bridgehead atoms. The van der Waals surface area contributed by atoms with Gasteiger partial charge in [0.05, 0.1) is 21.3 Å². The molecule has 1 aromatic carbocycles. The molecule has 0 fully saturated rings. The first-order valence-electron chi connectivity index (χ1n) is 6.68. The molecule has 0 radical (unpaired) electrons. The maximum Gasteiger partial charge on any atom is 0.269 e. The molecule has 1 aromatic heterocycles. The van der Waals surface area contributed by atoms with Gasteiger partial charge < -0.3 is 5.32 Å². The smallest absolute Gasteiger partial charge is 0.269 e. The number of nitrogens with zero attached hydrogens (tertiary/aromatic N) is 3. The minimum atomic E-state index is -0.393. The molecular formula is C14H17ClN4O2. The van der Waals surface area contributed by atoms with Gasteiger partial charge in [0.2, 0.25) is 0 Å². The molecule has 6 nitrogen and oxygen atoms in total. The van der Waals surface area contributed by atoms with Gasteiger partial charge >= 0.3 is 0 Å². The van der Waals surface area contributed by atoms with Gasteiger partial charge in [-0.2, -0.15) is 5.10 Å². The van der Waals surface area contributed by atoms with E-state index in [-0.39, 0.29) is 5.69 Å². The van der Waals surface area contributed by atoms with Crippen molar-refractivity contribution in [2.45, 2.75) is 33.5 Å². The summed E-state index contributed by atoms with van der Waals surface area (Å²) in [5.74, 6) is 0. The Bertz CT molecular complexity index is 654. The molecule has 21 heavy (non-hydrogen) atoms. The highest BCUT2D eigenvalue weighted by Crippen LogP contribution is 2.20. The topological polar surface area (TPSA) is 73.0 Å². The molecule has 2 aromatic rings. The number of aryl methyl sites for hydroxylation is 2. The van der Waals surface area contributed by atoms with Gasteiger partial charge in [-0.1, -0.05) is 23.7 Å². The van der Waals surface area contributed by atoms with E-state index in [0.29, 0.717) is 18.1 Å². The lowest BCUT2D eigenvalue weighted by molar-refractivity contribution is -0.384. The molecule has 0 aliphatic carbocycles. The Hall–Kier alpha value is -1.92. The zero-order valence-electron chi connectivity index (χ0n) is 12.0. The Balaban J connectivity index is 2.02. The molecule has 0 saturated carbocycles. The van der Waals surface area contributed by atoms with Crippen LogP contribution >= 0.6 is 11.6 Å². The molecule has 0 spiro atoms. The molecule has 1 N–H and O–H groups in total. The second kappa shape index (κ2) is 6.69. The predicted molar refractivity (Wildman–Crippen MR) is 81.3 cm³/mol. The highest BCUT2D eigenvalue weighted by atomic mass is 35.5. The average Bonchev–Trinajstić information content (AvgIpc) is 2.75. The van der Waals surface area contributed by atoms with E-state index in [9.17, 15) is 10.1 Å². The highest BCUT2D eigenvalue weighted by Gasteiger charge is 2.12. The molecule has 0 saturated heterocycles. The van der Waals surface area contributed by atoms with E-state index in [4.69, 9.17) is 11.6 Å². The van der Waals surface area contributed by atoms with Crippen LogP contribution in [-0.2, 0) is 19.6 Å². The lowest BCUT2D eigenvalue weighted by Crippen LogP contribution is -2.16. The summed E-state index contributed by atoms with van der Waals surface area (Å²) in [5, 5.41) is 19.0.